The maximum absolute atomic E-state index is 12.0. The number of hydrogen-bond donors (Lipinski definition) is 4. The van der Waals surface area contributed by atoms with Gasteiger partial charge < -0.3 is 21.5 Å². The lowest BCUT2D eigenvalue weighted by Gasteiger charge is -2.12. The van der Waals surface area contributed by atoms with Gasteiger partial charge in [-0.25, -0.2) is 0 Å². The van der Waals surface area contributed by atoms with Crippen molar-refractivity contribution in [1.29, 1.82) is 0 Å². The van der Waals surface area contributed by atoms with Gasteiger partial charge in [0.2, 0.25) is 11.8 Å². The monoisotopic (exact) mass is 377 g/mol. The highest BCUT2D eigenvalue weighted by Gasteiger charge is 2.14. The van der Waals surface area contributed by atoms with Gasteiger partial charge in [0.05, 0.1) is 6.04 Å². The van der Waals surface area contributed by atoms with E-state index in [0.29, 0.717) is 6.42 Å². The van der Waals surface area contributed by atoms with E-state index in [9.17, 15) is 14.7 Å². The molecule has 0 fully saturated rings. The molecule has 0 spiro atoms. The van der Waals surface area contributed by atoms with Crippen LogP contribution in [0.4, 0.5) is 5.69 Å². The number of aryl methyl sites for hydroxylation is 1. The summed E-state index contributed by atoms with van der Waals surface area (Å²) in [6.45, 7) is 2.17. The lowest BCUT2D eigenvalue weighted by Crippen LogP contribution is -2.42. The van der Waals surface area contributed by atoms with Gasteiger partial charge in [-0.05, 0) is 48.7 Å². The largest absolute Gasteiger partial charge is 0.508 e. The molecule has 0 aliphatic rings. The van der Waals surface area contributed by atoms with Crippen LogP contribution in [-0.2, 0) is 16.0 Å². The molecular weight excluding hydrogens is 354 g/mol. The van der Waals surface area contributed by atoms with Crippen LogP contribution in [0.2, 0.25) is 0 Å². The molecule has 0 saturated carbocycles. The first kappa shape index (κ1) is 21.5. The number of benzene rings is 2. The topological polar surface area (TPSA) is 104 Å². The predicted octanol–water partition coefficient (Wildman–Crippen LogP) is 2.14. The van der Waals surface area contributed by atoms with Crippen LogP contribution in [0.15, 0.2) is 48.5 Å². The second-order valence-electron chi connectivity index (χ2n) is 5.94. The number of hydrogen-bond acceptors (Lipinski definition) is 4. The lowest BCUT2D eigenvalue weighted by molar-refractivity contribution is -0.122. The number of nitrogens with two attached hydrogens (primary N) is 1. The molecule has 26 heavy (non-hydrogen) atoms. The van der Waals surface area contributed by atoms with E-state index in [1.165, 1.54) is 0 Å². The maximum Gasteiger partial charge on any atom is 0.237 e. The summed E-state index contributed by atoms with van der Waals surface area (Å²) >= 11 is 0. The summed E-state index contributed by atoms with van der Waals surface area (Å²) in [5.74, 6) is -0.309. The van der Waals surface area contributed by atoms with Crippen LogP contribution >= 0.6 is 12.4 Å². The number of anilines is 1. The van der Waals surface area contributed by atoms with E-state index in [2.05, 4.69) is 10.6 Å². The minimum atomic E-state index is -0.704. The SMILES string of the molecule is Cc1cccc(NC(=O)CCNC(=O)[C@@H](N)Cc2ccc(O)cc2)c1.Cl. The number of aromatic hydroxyl groups is 1. The number of rotatable bonds is 7. The van der Waals surface area contributed by atoms with Crippen LogP contribution in [-0.4, -0.2) is 29.5 Å². The van der Waals surface area contributed by atoms with E-state index in [-0.39, 0.29) is 42.9 Å². The van der Waals surface area contributed by atoms with E-state index < -0.39 is 6.04 Å². The van der Waals surface area contributed by atoms with Crippen molar-refractivity contribution in [2.75, 3.05) is 11.9 Å². The van der Waals surface area contributed by atoms with Gasteiger partial charge >= 0.3 is 0 Å². The summed E-state index contributed by atoms with van der Waals surface area (Å²) in [5, 5.41) is 14.7. The van der Waals surface area contributed by atoms with Crippen LogP contribution in [0.25, 0.3) is 0 Å². The highest BCUT2D eigenvalue weighted by atomic mass is 35.5. The summed E-state index contributed by atoms with van der Waals surface area (Å²) < 4.78 is 0. The zero-order valence-electron chi connectivity index (χ0n) is 14.6. The minimum Gasteiger partial charge on any atom is -0.508 e. The van der Waals surface area contributed by atoms with E-state index in [1.807, 2.05) is 31.2 Å². The van der Waals surface area contributed by atoms with Crippen molar-refractivity contribution in [3.63, 3.8) is 0 Å². The fourth-order valence-corrected chi connectivity index (χ4v) is 2.36. The first-order valence-corrected chi connectivity index (χ1v) is 8.12. The Morgan fingerprint density at radius 1 is 1.15 bits per heavy atom. The lowest BCUT2D eigenvalue weighted by atomic mass is 10.1. The molecule has 140 valence electrons. The van der Waals surface area contributed by atoms with Gasteiger partial charge in [0.1, 0.15) is 5.75 Å². The molecule has 2 amide bonds. The van der Waals surface area contributed by atoms with Crippen LogP contribution in [0.1, 0.15) is 17.5 Å². The van der Waals surface area contributed by atoms with Crippen molar-refractivity contribution in [2.45, 2.75) is 25.8 Å². The molecule has 7 heteroatoms. The number of carbonyl (C=O) groups is 2. The number of halogens is 1. The third-order valence-electron chi connectivity index (χ3n) is 3.68. The fraction of sp³-hybridized carbons (Fsp3) is 0.263. The Balaban J connectivity index is 0.00000338. The average molecular weight is 378 g/mol. The minimum absolute atomic E-state index is 0. The van der Waals surface area contributed by atoms with E-state index in [4.69, 9.17) is 5.73 Å². The predicted molar refractivity (Wildman–Crippen MR) is 104 cm³/mol. The zero-order valence-corrected chi connectivity index (χ0v) is 15.4. The molecule has 0 aliphatic carbocycles. The maximum atomic E-state index is 12.0. The summed E-state index contributed by atoms with van der Waals surface area (Å²) in [7, 11) is 0. The molecule has 0 saturated heterocycles. The second kappa shape index (κ2) is 10.4. The molecule has 0 unspecified atom stereocenters. The highest BCUT2D eigenvalue weighted by molar-refractivity contribution is 5.91. The van der Waals surface area contributed by atoms with E-state index in [1.54, 1.807) is 24.3 Å². The Hall–Kier alpha value is -2.57. The number of amides is 2. The number of phenols is 1. The quantitative estimate of drug-likeness (QED) is 0.593. The van der Waals surface area contributed by atoms with Crippen molar-refractivity contribution in [3.05, 3.63) is 59.7 Å². The molecule has 0 aliphatic heterocycles. The van der Waals surface area contributed by atoms with Crippen LogP contribution < -0.4 is 16.4 Å². The third-order valence-corrected chi connectivity index (χ3v) is 3.68. The second-order valence-corrected chi connectivity index (χ2v) is 5.94. The first-order valence-electron chi connectivity index (χ1n) is 8.12. The molecule has 0 aromatic heterocycles. The van der Waals surface area contributed by atoms with Crippen LogP contribution in [0, 0.1) is 6.92 Å². The molecule has 5 N–H and O–H groups in total. The molecule has 2 aromatic carbocycles. The summed E-state index contributed by atoms with van der Waals surface area (Å²) in [6.07, 6.45) is 0.535. The third kappa shape index (κ3) is 7.13. The Bertz CT molecular complexity index is 735. The number of phenolic OH excluding ortho intramolecular Hbond substituents is 1. The van der Waals surface area contributed by atoms with Gasteiger partial charge in [0.15, 0.2) is 0 Å². The summed E-state index contributed by atoms with van der Waals surface area (Å²) in [5.41, 5.74) is 8.53. The fourth-order valence-electron chi connectivity index (χ4n) is 2.36. The Kier molecular flexibility index (Phi) is 8.61. The van der Waals surface area contributed by atoms with Crippen LogP contribution in [0.5, 0.6) is 5.75 Å². The summed E-state index contributed by atoms with van der Waals surface area (Å²) in [6, 6.07) is 13.4. The van der Waals surface area contributed by atoms with Gasteiger partial charge in [-0.3, -0.25) is 9.59 Å². The molecule has 0 heterocycles. The van der Waals surface area contributed by atoms with Gasteiger partial charge in [0.25, 0.3) is 0 Å². The van der Waals surface area contributed by atoms with Crippen molar-refractivity contribution < 1.29 is 14.7 Å². The van der Waals surface area contributed by atoms with E-state index >= 15 is 0 Å². The smallest absolute Gasteiger partial charge is 0.237 e. The normalized spacial score (nSPS) is 11.2. The molecule has 1 atom stereocenters. The average Bonchev–Trinajstić information content (AvgIpc) is 2.56. The molecule has 2 rings (SSSR count). The Morgan fingerprint density at radius 3 is 2.50 bits per heavy atom. The van der Waals surface area contributed by atoms with Gasteiger partial charge in [-0.15, -0.1) is 12.4 Å². The molecule has 0 bridgehead atoms. The van der Waals surface area contributed by atoms with Crippen LogP contribution in [0.3, 0.4) is 0 Å². The molecule has 2 aromatic rings. The summed E-state index contributed by atoms with van der Waals surface area (Å²) in [4.78, 5) is 23.9. The standard InChI is InChI=1S/C19H23N3O3.ClH/c1-13-3-2-4-15(11-13)22-18(24)9-10-21-19(25)17(20)12-14-5-7-16(23)8-6-14;/h2-8,11,17,23H,9-10,12,20H2,1H3,(H,21,25)(H,22,24);1H/t17-;/m0./s1. The molecule has 0 radical (unpaired) electrons. The van der Waals surface area contributed by atoms with Gasteiger partial charge in [-0.1, -0.05) is 24.3 Å². The number of carbonyl (C=O) groups excluding carboxylic acids is 2. The van der Waals surface area contributed by atoms with Crippen molar-refractivity contribution in [1.82, 2.24) is 5.32 Å². The van der Waals surface area contributed by atoms with Gasteiger partial charge in [-0.2, -0.15) is 0 Å². The van der Waals surface area contributed by atoms with Crippen molar-refractivity contribution in [3.8, 4) is 5.75 Å². The van der Waals surface area contributed by atoms with Crippen molar-refractivity contribution >= 4 is 29.9 Å². The zero-order chi connectivity index (χ0) is 18.2. The Morgan fingerprint density at radius 2 is 1.85 bits per heavy atom. The van der Waals surface area contributed by atoms with E-state index in [0.717, 1.165) is 16.8 Å². The number of nitrogens with one attached hydrogen (secondary N) is 2. The first-order chi connectivity index (χ1) is 11.9. The van der Waals surface area contributed by atoms with Crippen molar-refractivity contribution in [2.24, 2.45) is 5.73 Å². The molecular formula is C19H24ClN3O3. The Labute approximate surface area is 159 Å². The van der Waals surface area contributed by atoms with Gasteiger partial charge in [0, 0.05) is 18.7 Å². The molecule has 6 nitrogen and oxygen atoms in total. The highest BCUT2D eigenvalue weighted by Crippen LogP contribution is 2.11.